The predicted molar refractivity (Wildman–Crippen MR) is 132 cm³/mol. The molecule has 4 heterocycles. The van der Waals surface area contributed by atoms with Crippen molar-refractivity contribution in [3.8, 4) is 0 Å². The zero-order valence-corrected chi connectivity index (χ0v) is 18.6. The molecule has 0 aliphatic rings. The monoisotopic (exact) mass is 463 g/mol. The summed E-state index contributed by atoms with van der Waals surface area (Å²) in [5.41, 5.74) is 11.4. The van der Waals surface area contributed by atoms with E-state index in [1.807, 2.05) is 25.1 Å². The molecule has 7 nitrogen and oxygen atoms in total. The van der Waals surface area contributed by atoms with Crippen molar-refractivity contribution in [1.29, 1.82) is 10.8 Å². The Morgan fingerprint density at radius 3 is 1.66 bits per heavy atom. The molecule has 0 amide bonds. The van der Waals surface area contributed by atoms with E-state index < -0.39 is 0 Å². The van der Waals surface area contributed by atoms with Gasteiger partial charge in [-0.25, -0.2) is 9.97 Å². The van der Waals surface area contributed by atoms with E-state index in [1.165, 1.54) is 18.6 Å². The third-order valence-corrected chi connectivity index (χ3v) is 4.90. The van der Waals surface area contributed by atoms with Gasteiger partial charge in [0.25, 0.3) is 0 Å². The van der Waals surface area contributed by atoms with Gasteiger partial charge < -0.3 is 16.6 Å². The molecule has 0 fully saturated rings. The van der Waals surface area contributed by atoms with E-state index in [0.717, 1.165) is 33.3 Å². The molecule has 0 saturated heterocycles. The first-order chi connectivity index (χ1) is 15.5. The normalized spacial score (nSPS) is 11.7. The number of hydrogen-bond acceptors (Lipinski definition) is 7. The Morgan fingerprint density at radius 2 is 1.25 bits per heavy atom. The maximum Gasteiger partial charge on any atom is 0.129 e. The molecule has 0 aliphatic carbocycles. The number of nitrogens with two attached hydrogens (primary N) is 1. The largest absolute Gasteiger partial charge is 0.404 e. The van der Waals surface area contributed by atoms with Gasteiger partial charge in [0.05, 0.1) is 22.1 Å². The Hall–Kier alpha value is -3.68. The number of nitrogens with one attached hydrogen (secondary N) is 2. The lowest BCUT2D eigenvalue weighted by Gasteiger charge is -2.02. The van der Waals surface area contributed by atoms with Gasteiger partial charge in [-0.3, -0.25) is 9.97 Å². The van der Waals surface area contributed by atoms with Crippen LogP contribution >= 0.6 is 23.2 Å². The average Bonchev–Trinajstić information content (AvgIpc) is 2.80. The van der Waals surface area contributed by atoms with E-state index in [1.54, 1.807) is 36.7 Å². The first kappa shape index (κ1) is 23.0. The third kappa shape index (κ3) is 5.32. The van der Waals surface area contributed by atoms with Gasteiger partial charge in [0.15, 0.2) is 0 Å². The van der Waals surface area contributed by atoms with Crippen molar-refractivity contribution in [2.24, 2.45) is 5.73 Å². The quantitative estimate of drug-likeness (QED) is 0.269. The minimum atomic E-state index is 0.416. The van der Waals surface area contributed by atoms with Gasteiger partial charge in [-0.1, -0.05) is 29.3 Å². The van der Waals surface area contributed by atoms with E-state index in [0.29, 0.717) is 21.4 Å². The average molecular weight is 464 g/mol. The van der Waals surface area contributed by atoms with Gasteiger partial charge in [0.1, 0.15) is 10.3 Å². The smallest absolute Gasteiger partial charge is 0.129 e. The topological polar surface area (TPSA) is 125 Å². The Morgan fingerprint density at radius 1 is 0.781 bits per heavy atom. The lowest BCUT2D eigenvalue weighted by molar-refractivity contribution is 1.32. The molecule has 0 bridgehead atoms. The molecular formula is C23H19Cl2N7. The van der Waals surface area contributed by atoms with Crippen LogP contribution in [0.4, 0.5) is 0 Å². The second-order valence-electron chi connectivity index (χ2n) is 6.45. The summed E-state index contributed by atoms with van der Waals surface area (Å²) in [4.78, 5) is 16.8. The molecule has 4 rings (SSSR count). The van der Waals surface area contributed by atoms with Crippen LogP contribution in [0.15, 0.2) is 61.1 Å². The number of aromatic nitrogens is 4. The maximum atomic E-state index is 7.28. The van der Waals surface area contributed by atoms with E-state index in [-0.39, 0.29) is 0 Å². The van der Waals surface area contributed by atoms with E-state index >= 15 is 0 Å². The summed E-state index contributed by atoms with van der Waals surface area (Å²) >= 11 is 11.6. The number of nitrogens with zero attached hydrogens (tertiary/aromatic N) is 4. The fourth-order valence-corrected chi connectivity index (χ4v) is 3.15. The molecular weight excluding hydrogens is 445 g/mol. The first-order valence-corrected chi connectivity index (χ1v) is 10.2. The van der Waals surface area contributed by atoms with Crippen molar-refractivity contribution in [2.75, 3.05) is 0 Å². The highest BCUT2D eigenvalue weighted by Gasteiger charge is 2.04. The van der Waals surface area contributed by atoms with Crippen LogP contribution in [0.3, 0.4) is 0 Å². The van der Waals surface area contributed by atoms with Crippen molar-refractivity contribution in [2.45, 2.75) is 6.92 Å². The van der Waals surface area contributed by atoms with E-state index in [2.05, 4.69) is 19.9 Å². The van der Waals surface area contributed by atoms with Gasteiger partial charge in [0, 0.05) is 47.7 Å². The number of rotatable bonds is 4. The molecule has 0 atom stereocenters. The summed E-state index contributed by atoms with van der Waals surface area (Å²) in [5.74, 6) is 0. The second kappa shape index (κ2) is 10.6. The fourth-order valence-electron chi connectivity index (χ4n) is 2.84. The van der Waals surface area contributed by atoms with Crippen LogP contribution in [-0.4, -0.2) is 32.4 Å². The lowest BCUT2D eigenvalue weighted by atomic mass is 10.1. The highest BCUT2D eigenvalue weighted by Crippen LogP contribution is 2.19. The summed E-state index contributed by atoms with van der Waals surface area (Å²) in [6.45, 7) is 1.88. The predicted octanol–water partition coefficient (Wildman–Crippen LogP) is 5.57. The van der Waals surface area contributed by atoms with Gasteiger partial charge >= 0.3 is 0 Å². The first-order valence-electron chi connectivity index (χ1n) is 9.43. The molecule has 0 radical (unpaired) electrons. The van der Waals surface area contributed by atoms with Crippen LogP contribution in [0.25, 0.3) is 33.2 Å². The Balaban J connectivity index is 0.000000181. The molecule has 0 saturated carbocycles. The number of halogens is 2. The van der Waals surface area contributed by atoms with Crippen molar-refractivity contribution in [1.82, 2.24) is 19.9 Å². The highest BCUT2D eigenvalue weighted by molar-refractivity contribution is 6.30. The Labute approximate surface area is 194 Å². The molecule has 0 aliphatic heterocycles. The van der Waals surface area contributed by atoms with Crippen LogP contribution in [-0.2, 0) is 0 Å². The maximum absolute atomic E-state index is 7.28. The number of hydrogen-bond donors (Lipinski definition) is 3. The van der Waals surface area contributed by atoms with Gasteiger partial charge in [-0.2, -0.15) is 0 Å². The Kier molecular flexibility index (Phi) is 7.59. The van der Waals surface area contributed by atoms with Crippen molar-refractivity contribution in [3.05, 3.63) is 82.5 Å². The molecule has 4 aromatic rings. The summed E-state index contributed by atoms with van der Waals surface area (Å²) in [7, 11) is 0. The van der Waals surface area contributed by atoms with Crippen molar-refractivity contribution in [3.63, 3.8) is 0 Å². The zero-order chi connectivity index (χ0) is 23.1. The molecule has 4 aromatic heterocycles. The van der Waals surface area contributed by atoms with Crippen LogP contribution in [0.1, 0.15) is 18.1 Å². The molecule has 0 unspecified atom stereocenters. The van der Waals surface area contributed by atoms with Crippen LogP contribution < -0.4 is 5.73 Å². The van der Waals surface area contributed by atoms with Gasteiger partial charge in [-0.15, -0.1) is 0 Å². The van der Waals surface area contributed by atoms with Crippen LogP contribution in [0, 0.1) is 10.8 Å². The lowest BCUT2D eigenvalue weighted by Crippen LogP contribution is -1.93. The molecule has 32 heavy (non-hydrogen) atoms. The summed E-state index contributed by atoms with van der Waals surface area (Å²) < 4.78 is 0. The minimum Gasteiger partial charge on any atom is -0.404 e. The number of pyridine rings is 4. The molecule has 0 spiro atoms. The molecule has 0 aromatic carbocycles. The van der Waals surface area contributed by atoms with Crippen molar-refractivity contribution >= 4 is 68.8 Å². The summed E-state index contributed by atoms with van der Waals surface area (Å²) in [5, 5.41) is 15.3. The molecule has 4 N–H and O–H groups in total. The van der Waals surface area contributed by atoms with Crippen LogP contribution in [0.2, 0.25) is 10.3 Å². The second-order valence-corrected chi connectivity index (χ2v) is 7.22. The van der Waals surface area contributed by atoms with E-state index in [9.17, 15) is 0 Å². The van der Waals surface area contributed by atoms with Crippen molar-refractivity contribution < 1.29 is 0 Å². The van der Waals surface area contributed by atoms with Crippen LogP contribution in [0.5, 0.6) is 0 Å². The Bertz CT molecular complexity index is 1260. The summed E-state index contributed by atoms with van der Waals surface area (Å²) in [6.07, 6.45) is 9.08. The minimum absolute atomic E-state index is 0.416. The zero-order valence-electron chi connectivity index (χ0n) is 17.1. The summed E-state index contributed by atoms with van der Waals surface area (Å²) in [6, 6.07) is 10.7. The standard InChI is InChI=1S/C12H10ClN3.C11H9ClN4/c1-2-8(6-14)9-5-11-10(15-7-9)3-4-12(13)16-11;12-11-2-1-9-10(16-11)3-7(6-15-9)8(4-13)5-14/h2-7,14H,1H3;1-6,13H,14H2/b8-2+,14-6?;8-5+,13-4?. The SMILES string of the molecule is C/C=C(\C=N)c1cnc2ccc(Cl)nc2c1.N=C/C(=C\N)c1cnc2ccc(Cl)nc2c1. The molecule has 9 heteroatoms. The third-order valence-electron chi connectivity index (χ3n) is 4.47. The van der Waals surface area contributed by atoms with Gasteiger partial charge in [-0.05, 0) is 48.9 Å². The molecule has 160 valence electrons. The fraction of sp³-hybridized carbons (Fsp3) is 0.0435. The highest BCUT2D eigenvalue weighted by atomic mass is 35.5. The van der Waals surface area contributed by atoms with Gasteiger partial charge in [0.2, 0.25) is 0 Å². The van der Waals surface area contributed by atoms with E-state index in [4.69, 9.17) is 39.8 Å². The number of allylic oxidation sites excluding steroid dienone is 3. The number of fused-ring (bicyclic) bond motifs is 2.